The Morgan fingerprint density at radius 2 is 2.00 bits per heavy atom. The van der Waals surface area contributed by atoms with E-state index in [0.717, 1.165) is 41.0 Å². The van der Waals surface area contributed by atoms with Crippen molar-refractivity contribution in [3.8, 4) is 0 Å². The van der Waals surface area contributed by atoms with Crippen LogP contribution in [-0.4, -0.2) is 26.6 Å². The maximum Gasteiger partial charge on any atom is 0.253 e. The molecule has 3 rings (SSSR count). The van der Waals surface area contributed by atoms with E-state index >= 15 is 0 Å². The molecule has 3 aromatic rings. The standard InChI is InChI=1S/C20H26N4O/c1-14(2)24-15(3)12-17(16(24)4)20(25)21-10-7-11-23-13-22-18-8-5-6-9-19(18)23/h5-6,8-9,12-14H,7,10-11H2,1-4H3,(H,21,25). The van der Waals surface area contributed by atoms with Gasteiger partial charge in [0.25, 0.3) is 5.91 Å². The number of nitrogens with zero attached hydrogens (tertiary/aromatic N) is 3. The van der Waals surface area contributed by atoms with Crippen LogP contribution in [0.2, 0.25) is 0 Å². The number of rotatable bonds is 6. The molecule has 0 saturated carbocycles. The number of carbonyl (C=O) groups is 1. The van der Waals surface area contributed by atoms with Gasteiger partial charge in [0.2, 0.25) is 0 Å². The third kappa shape index (κ3) is 3.45. The summed E-state index contributed by atoms with van der Waals surface area (Å²) in [5.41, 5.74) is 5.08. The lowest BCUT2D eigenvalue weighted by Crippen LogP contribution is -2.25. The van der Waals surface area contributed by atoms with Crippen molar-refractivity contribution < 1.29 is 4.79 Å². The number of hydrogen-bond acceptors (Lipinski definition) is 2. The van der Waals surface area contributed by atoms with Gasteiger partial charge in [0.05, 0.1) is 22.9 Å². The molecule has 0 saturated heterocycles. The van der Waals surface area contributed by atoms with Crippen molar-refractivity contribution in [1.29, 1.82) is 0 Å². The van der Waals surface area contributed by atoms with Crippen LogP contribution in [0.15, 0.2) is 36.7 Å². The fourth-order valence-electron chi connectivity index (χ4n) is 3.54. The number of fused-ring (bicyclic) bond motifs is 1. The van der Waals surface area contributed by atoms with Crippen LogP contribution < -0.4 is 5.32 Å². The van der Waals surface area contributed by atoms with E-state index in [9.17, 15) is 4.79 Å². The molecule has 25 heavy (non-hydrogen) atoms. The topological polar surface area (TPSA) is 51.9 Å². The smallest absolute Gasteiger partial charge is 0.253 e. The van der Waals surface area contributed by atoms with Crippen LogP contribution in [0.1, 0.15) is 48.1 Å². The molecule has 2 heterocycles. The first kappa shape index (κ1) is 17.3. The molecule has 0 fully saturated rings. The fraction of sp³-hybridized carbons (Fsp3) is 0.400. The molecule has 0 aliphatic carbocycles. The number of benzene rings is 1. The zero-order valence-corrected chi connectivity index (χ0v) is 15.4. The van der Waals surface area contributed by atoms with Crippen LogP contribution in [-0.2, 0) is 6.54 Å². The van der Waals surface area contributed by atoms with E-state index in [-0.39, 0.29) is 5.91 Å². The SMILES string of the molecule is Cc1cc(C(=O)NCCCn2cnc3ccccc32)c(C)n1C(C)C. The highest BCUT2D eigenvalue weighted by atomic mass is 16.1. The van der Waals surface area contributed by atoms with Crippen molar-refractivity contribution in [3.63, 3.8) is 0 Å². The van der Waals surface area contributed by atoms with E-state index < -0.39 is 0 Å². The third-order valence-electron chi connectivity index (χ3n) is 4.63. The monoisotopic (exact) mass is 338 g/mol. The van der Waals surface area contributed by atoms with Crippen molar-refractivity contribution in [1.82, 2.24) is 19.4 Å². The van der Waals surface area contributed by atoms with E-state index in [1.54, 1.807) is 0 Å². The Hall–Kier alpha value is -2.56. The largest absolute Gasteiger partial charge is 0.352 e. The second kappa shape index (κ2) is 7.13. The molecule has 0 aliphatic rings. The van der Waals surface area contributed by atoms with Crippen molar-refractivity contribution in [2.24, 2.45) is 0 Å². The molecule has 1 aromatic carbocycles. The minimum atomic E-state index is 0.00971. The molecular formula is C20H26N4O. The summed E-state index contributed by atoms with van der Waals surface area (Å²) >= 11 is 0. The van der Waals surface area contributed by atoms with Crippen LogP contribution >= 0.6 is 0 Å². The quantitative estimate of drug-likeness (QED) is 0.694. The number of amides is 1. The van der Waals surface area contributed by atoms with Crippen molar-refractivity contribution in [3.05, 3.63) is 53.6 Å². The lowest BCUT2D eigenvalue weighted by molar-refractivity contribution is 0.0952. The molecule has 1 amide bonds. The zero-order valence-electron chi connectivity index (χ0n) is 15.4. The summed E-state index contributed by atoms with van der Waals surface area (Å²) < 4.78 is 4.33. The predicted octanol–water partition coefficient (Wildman–Crippen LogP) is 3.86. The maximum absolute atomic E-state index is 12.5. The number of aryl methyl sites for hydroxylation is 2. The summed E-state index contributed by atoms with van der Waals surface area (Å²) in [6.45, 7) is 9.82. The molecule has 2 aromatic heterocycles. The molecule has 0 radical (unpaired) electrons. The summed E-state index contributed by atoms with van der Waals surface area (Å²) in [5.74, 6) is 0.00971. The van der Waals surface area contributed by atoms with Crippen LogP contribution in [0.25, 0.3) is 11.0 Å². The number of aromatic nitrogens is 3. The minimum Gasteiger partial charge on any atom is -0.352 e. The van der Waals surface area contributed by atoms with Gasteiger partial charge in [-0.1, -0.05) is 12.1 Å². The van der Waals surface area contributed by atoms with Crippen LogP contribution in [0.4, 0.5) is 0 Å². The first-order chi connectivity index (χ1) is 12.0. The van der Waals surface area contributed by atoms with E-state index in [1.165, 1.54) is 0 Å². The first-order valence-electron chi connectivity index (χ1n) is 8.85. The molecule has 5 nitrogen and oxygen atoms in total. The number of nitrogens with one attached hydrogen (secondary N) is 1. The second-order valence-electron chi connectivity index (χ2n) is 6.78. The average molecular weight is 338 g/mol. The van der Waals surface area contributed by atoms with E-state index in [2.05, 4.69) is 39.3 Å². The van der Waals surface area contributed by atoms with Gasteiger partial charge in [-0.15, -0.1) is 0 Å². The second-order valence-corrected chi connectivity index (χ2v) is 6.78. The highest BCUT2D eigenvalue weighted by Gasteiger charge is 2.16. The van der Waals surface area contributed by atoms with Crippen LogP contribution in [0, 0.1) is 13.8 Å². The molecular weight excluding hydrogens is 312 g/mol. The Kier molecular flexibility index (Phi) is 4.93. The number of hydrogen-bond donors (Lipinski definition) is 1. The molecule has 0 aliphatic heterocycles. The molecule has 132 valence electrons. The van der Waals surface area contributed by atoms with Crippen molar-refractivity contribution in [2.45, 2.75) is 46.7 Å². The third-order valence-corrected chi connectivity index (χ3v) is 4.63. The summed E-state index contributed by atoms with van der Waals surface area (Å²) in [5, 5.41) is 3.04. The molecule has 5 heteroatoms. The predicted molar refractivity (Wildman–Crippen MR) is 101 cm³/mol. The lowest BCUT2D eigenvalue weighted by atomic mass is 10.2. The highest BCUT2D eigenvalue weighted by Crippen LogP contribution is 2.20. The number of para-hydroxylation sites is 2. The van der Waals surface area contributed by atoms with E-state index in [4.69, 9.17) is 0 Å². The number of carbonyl (C=O) groups excluding carboxylic acids is 1. The normalized spacial score (nSPS) is 11.4. The van der Waals surface area contributed by atoms with Gasteiger partial charge in [0.15, 0.2) is 0 Å². The molecule has 0 spiro atoms. The number of imidazole rings is 1. The first-order valence-corrected chi connectivity index (χ1v) is 8.85. The fourth-order valence-corrected chi connectivity index (χ4v) is 3.54. The molecule has 0 bridgehead atoms. The van der Waals surface area contributed by atoms with Crippen molar-refractivity contribution >= 4 is 16.9 Å². The summed E-state index contributed by atoms with van der Waals surface area (Å²) in [6, 6.07) is 10.4. The van der Waals surface area contributed by atoms with Gasteiger partial charge in [0, 0.05) is 30.5 Å². The summed E-state index contributed by atoms with van der Waals surface area (Å²) in [4.78, 5) is 16.9. The van der Waals surface area contributed by atoms with Gasteiger partial charge in [-0.05, 0) is 52.3 Å². The molecule has 0 unspecified atom stereocenters. The van der Waals surface area contributed by atoms with Gasteiger partial charge in [-0.3, -0.25) is 4.79 Å². The Morgan fingerprint density at radius 1 is 1.24 bits per heavy atom. The molecule has 1 N–H and O–H groups in total. The Labute approximate surface area is 148 Å². The van der Waals surface area contributed by atoms with Gasteiger partial charge in [0.1, 0.15) is 0 Å². The maximum atomic E-state index is 12.5. The Balaban J connectivity index is 1.57. The summed E-state index contributed by atoms with van der Waals surface area (Å²) in [7, 11) is 0. The van der Waals surface area contributed by atoms with Gasteiger partial charge in [-0.2, -0.15) is 0 Å². The van der Waals surface area contributed by atoms with Crippen molar-refractivity contribution in [2.75, 3.05) is 6.54 Å². The van der Waals surface area contributed by atoms with Crippen LogP contribution in [0.5, 0.6) is 0 Å². The van der Waals surface area contributed by atoms with E-state index in [0.29, 0.717) is 12.6 Å². The average Bonchev–Trinajstić information content (AvgIpc) is 3.12. The van der Waals surface area contributed by atoms with E-state index in [1.807, 2.05) is 44.4 Å². The highest BCUT2D eigenvalue weighted by molar-refractivity contribution is 5.95. The Morgan fingerprint density at radius 3 is 2.72 bits per heavy atom. The zero-order chi connectivity index (χ0) is 18.0. The Bertz CT molecular complexity index is 888. The minimum absolute atomic E-state index is 0.00971. The molecule has 0 atom stereocenters. The van der Waals surface area contributed by atoms with Crippen LogP contribution in [0.3, 0.4) is 0 Å². The van der Waals surface area contributed by atoms with Gasteiger partial charge >= 0.3 is 0 Å². The lowest BCUT2D eigenvalue weighted by Gasteiger charge is -2.13. The van der Waals surface area contributed by atoms with Gasteiger partial charge in [-0.25, -0.2) is 4.98 Å². The summed E-state index contributed by atoms with van der Waals surface area (Å²) in [6.07, 6.45) is 2.73. The van der Waals surface area contributed by atoms with Gasteiger partial charge < -0.3 is 14.5 Å².